The van der Waals surface area contributed by atoms with Gasteiger partial charge in [0.25, 0.3) is 0 Å². The highest BCUT2D eigenvalue weighted by Gasteiger charge is 2.23. The Kier molecular flexibility index (Phi) is 3.81. The maximum absolute atomic E-state index is 10.7. The number of aliphatic hydroxyl groups is 1. The van der Waals surface area contributed by atoms with Crippen molar-refractivity contribution < 1.29 is 19.4 Å². The molecule has 0 bridgehead atoms. The summed E-state index contributed by atoms with van der Waals surface area (Å²) in [5.41, 5.74) is 0. The lowest BCUT2D eigenvalue weighted by molar-refractivity contribution is 0.0658. The summed E-state index contributed by atoms with van der Waals surface area (Å²) in [4.78, 5) is 12.9. The summed E-state index contributed by atoms with van der Waals surface area (Å²) in [6.45, 7) is 2.81. The molecule has 1 unspecified atom stereocenters. The number of likely N-dealkylation sites (tertiary alicyclic amines) is 1. The molecule has 2 rings (SSSR count). The van der Waals surface area contributed by atoms with Gasteiger partial charge in [0.15, 0.2) is 0 Å². The van der Waals surface area contributed by atoms with Gasteiger partial charge in [-0.15, -0.1) is 0 Å². The van der Waals surface area contributed by atoms with Crippen LogP contribution in [-0.4, -0.2) is 40.8 Å². The van der Waals surface area contributed by atoms with E-state index in [4.69, 9.17) is 14.6 Å². The van der Waals surface area contributed by atoms with E-state index >= 15 is 0 Å². The van der Waals surface area contributed by atoms with Crippen molar-refractivity contribution in [3.8, 4) is 0 Å². The fourth-order valence-electron chi connectivity index (χ4n) is 2.27. The highest BCUT2D eigenvalue weighted by atomic mass is 16.4. The molecule has 5 heteroatoms. The summed E-state index contributed by atoms with van der Waals surface area (Å²) in [6, 6.07) is 3.20. The monoisotopic (exact) mass is 239 g/mol. The molecule has 0 amide bonds. The quantitative estimate of drug-likeness (QED) is 0.807. The molecule has 94 valence electrons. The standard InChI is InChI=1S/C12H17NO4/c14-6-4-9-3-5-13(7-9)8-10-1-2-11(17-10)12(15)16/h1-2,9,14H,3-8H2,(H,15,16). The molecule has 1 fully saturated rings. The molecule has 1 atom stereocenters. The van der Waals surface area contributed by atoms with Crippen molar-refractivity contribution in [1.82, 2.24) is 4.90 Å². The van der Waals surface area contributed by atoms with Gasteiger partial charge in [0.05, 0.1) is 6.54 Å². The van der Waals surface area contributed by atoms with Crippen LogP contribution >= 0.6 is 0 Å². The Morgan fingerprint density at radius 3 is 3.00 bits per heavy atom. The average Bonchev–Trinajstić information content (AvgIpc) is 2.89. The fraction of sp³-hybridized carbons (Fsp3) is 0.583. The Balaban J connectivity index is 1.87. The average molecular weight is 239 g/mol. The van der Waals surface area contributed by atoms with Crippen molar-refractivity contribution in [1.29, 1.82) is 0 Å². The third kappa shape index (κ3) is 3.08. The number of aromatic carboxylic acids is 1. The molecule has 2 heterocycles. The van der Waals surface area contributed by atoms with Gasteiger partial charge in [-0.1, -0.05) is 0 Å². The van der Waals surface area contributed by atoms with E-state index < -0.39 is 5.97 Å². The number of furan rings is 1. The lowest BCUT2D eigenvalue weighted by Crippen LogP contribution is -2.20. The van der Waals surface area contributed by atoms with E-state index in [1.807, 2.05) is 0 Å². The smallest absolute Gasteiger partial charge is 0.371 e. The molecule has 0 aliphatic carbocycles. The van der Waals surface area contributed by atoms with Crippen molar-refractivity contribution in [3.05, 3.63) is 23.7 Å². The largest absolute Gasteiger partial charge is 0.475 e. The summed E-state index contributed by atoms with van der Waals surface area (Å²) in [7, 11) is 0. The van der Waals surface area contributed by atoms with Gasteiger partial charge in [0.1, 0.15) is 5.76 Å². The fourth-order valence-corrected chi connectivity index (χ4v) is 2.27. The van der Waals surface area contributed by atoms with Gasteiger partial charge >= 0.3 is 5.97 Å². The predicted octanol–water partition coefficient (Wildman–Crippen LogP) is 1.18. The van der Waals surface area contributed by atoms with Crippen molar-refractivity contribution >= 4 is 5.97 Å². The minimum absolute atomic E-state index is 0.00824. The summed E-state index contributed by atoms with van der Waals surface area (Å²) in [6.07, 6.45) is 1.93. The first kappa shape index (κ1) is 12.1. The van der Waals surface area contributed by atoms with Crippen molar-refractivity contribution in [3.63, 3.8) is 0 Å². The lowest BCUT2D eigenvalue weighted by Gasteiger charge is -2.13. The molecular formula is C12H17NO4. The van der Waals surface area contributed by atoms with Crippen LogP contribution in [-0.2, 0) is 6.54 Å². The number of carboxylic acid groups (broad SMARTS) is 1. The van der Waals surface area contributed by atoms with E-state index in [1.54, 1.807) is 6.07 Å². The Morgan fingerprint density at radius 2 is 2.35 bits per heavy atom. The molecule has 17 heavy (non-hydrogen) atoms. The maximum atomic E-state index is 10.7. The summed E-state index contributed by atoms with van der Waals surface area (Å²) >= 11 is 0. The molecule has 0 aromatic carbocycles. The number of hydrogen-bond acceptors (Lipinski definition) is 4. The van der Waals surface area contributed by atoms with E-state index in [9.17, 15) is 4.79 Å². The lowest BCUT2D eigenvalue weighted by atomic mass is 10.1. The Morgan fingerprint density at radius 1 is 1.53 bits per heavy atom. The molecule has 2 N–H and O–H groups in total. The molecule has 0 radical (unpaired) electrons. The van der Waals surface area contributed by atoms with Crippen LogP contribution < -0.4 is 0 Å². The zero-order chi connectivity index (χ0) is 12.3. The van der Waals surface area contributed by atoms with Gasteiger partial charge in [-0.3, -0.25) is 4.90 Å². The van der Waals surface area contributed by atoms with Crippen molar-refractivity contribution in [2.45, 2.75) is 19.4 Å². The van der Waals surface area contributed by atoms with E-state index in [2.05, 4.69) is 4.90 Å². The number of nitrogens with zero attached hydrogens (tertiary/aromatic N) is 1. The first-order valence-electron chi connectivity index (χ1n) is 5.84. The second-order valence-corrected chi connectivity index (χ2v) is 4.47. The van der Waals surface area contributed by atoms with Gasteiger partial charge < -0.3 is 14.6 Å². The van der Waals surface area contributed by atoms with Gasteiger partial charge in [-0.05, 0) is 37.4 Å². The summed E-state index contributed by atoms with van der Waals surface area (Å²) < 4.78 is 5.21. The zero-order valence-corrected chi connectivity index (χ0v) is 9.63. The van der Waals surface area contributed by atoms with Crippen LogP contribution in [0.5, 0.6) is 0 Å². The summed E-state index contributed by atoms with van der Waals surface area (Å²) in [5.74, 6) is 0.197. The molecule has 5 nitrogen and oxygen atoms in total. The van der Waals surface area contributed by atoms with Gasteiger partial charge in [0, 0.05) is 13.2 Å². The molecule has 1 aromatic rings. The van der Waals surface area contributed by atoms with Crippen molar-refractivity contribution in [2.75, 3.05) is 19.7 Å². The molecule has 1 saturated heterocycles. The first-order valence-corrected chi connectivity index (χ1v) is 5.84. The molecule has 0 spiro atoms. The third-order valence-corrected chi connectivity index (χ3v) is 3.16. The van der Waals surface area contributed by atoms with Crippen LogP contribution in [0.15, 0.2) is 16.5 Å². The zero-order valence-electron chi connectivity index (χ0n) is 9.63. The van der Waals surface area contributed by atoms with Gasteiger partial charge in [0.2, 0.25) is 5.76 Å². The molecule has 1 aromatic heterocycles. The van der Waals surface area contributed by atoms with Gasteiger partial charge in [-0.2, -0.15) is 0 Å². The minimum atomic E-state index is -1.03. The topological polar surface area (TPSA) is 73.9 Å². The number of carboxylic acids is 1. The highest BCUT2D eigenvalue weighted by molar-refractivity contribution is 5.84. The van der Waals surface area contributed by atoms with Crippen LogP contribution in [0.2, 0.25) is 0 Å². The SMILES string of the molecule is O=C(O)c1ccc(CN2CCC(CCO)C2)o1. The first-order chi connectivity index (χ1) is 8.19. The second kappa shape index (κ2) is 5.33. The van der Waals surface area contributed by atoms with Gasteiger partial charge in [-0.25, -0.2) is 4.79 Å². The third-order valence-electron chi connectivity index (χ3n) is 3.16. The second-order valence-electron chi connectivity index (χ2n) is 4.47. The highest BCUT2D eigenvalue weighted by Crippen LogP contribution is 2.21. The Hall–Kier alpha value is -1.33. The molecule has 0 saturated carbocycles. The maximum Gasteiger partial charge on any atom is 0.371 e. The van der Waals surface area contributed by atoms with Crippen LogP contribution in [0.1, 0.15) is 29.2 Å². The van der Waals surface area contributed by atoms with Crippen LogP contribution in [0, 0.1) is 5.92 Å². The molecule has 1 aliphatic rings. The Labute approximate surface area is 99.6 Å². The number of hydrogen-bond donors (Lipinski definition) is 2. The van der Waals surface area contributed by atoms with E-state index in [-0.39, 0.29) is 12.4 Å². The number of rotatable bonds is 5. The van der Waals surface area contributed by atoms with E-state index in [0.717, 1.165) is 25.9 Å². The minimum Gasteiger partial charge on any atom is -0.475 e. The number of aliphatic hydroxyl groups excluding tert-OH is 1. The van der Waals surface area contributed by atoms with Crippen LogP contribution in [0.25, 0.3) is 0 Å². The molecule has 1 aliphatic heterocycles. The normalized spacial score (nSPS) is 20.9. The Bertz CT molecular complexity index is 388. The predicted molar refractivity (Wildman–Crippen MR) is 60.8 cm³/mol. The van der Waals surface area contributed by atoms with Crippen molar-refractivity contribution in [2.24, 2.45) is 5.92 Å². The van der Waals surface area contributed by atoms with Crippen LogP contribution in [0.4, 0.5) is 0 Å². The van der Waals surface area contributed by atoms with E-state index in [1.165, 1.54) is 6.07 Å². The van der Waals surface area contributed by atoms with Crippen LogP contribution in [0.3, 0.4) is 0 Å². The number of carbonyl (C=O) groups is 1. The summed E-state index contributed by atoms with van der Waals surface area (Å²) in [5, 5.41) is 17.6. The molecular weight excluding hydrogens is 222 g/mol. The van der Waals surface area contributed by atoms with E-state index in [0.29, 0.717) is 18.2 Å².